The number of hydrogen-bond donors (Lipinski definition) is 0. The fourth-order valence-electron chi connectivity index (χ4n) is 1.82. The molecule has 2 nitrogen and oxygen atoms in total. The maximum atomic E-state index is 13.1. The van der Waals surface area contributed by atoms with Gasteiger partial charge in [-0.05, 0) is 25.5 Å². The van der Waals surface area contributed by atoms with E-state index in [1.165, 1.54) is 11.0 Å². The summed E-state index contributed by atoms with van der Waals surface area (Å²) >= 11 is 0. The van der Waals surface area contributed by atoms with E-state index in [1.54, 1.807) is 0 Å². The Hall–Kier alpha value is -1.45. The molecule has 1 rings (SSSR count). The van der Waals surface area contributed by atoms with Crippen LogP contribution in [0.5, 0.6) is 0 Å². The third kappa shape index (κ3) is 3.79. The number of unbranched alkanes of at least 4 members (excludes halogenated alkanes) is 2. The summed E-state index contributed by atoms with van der Waals surface area (Å²) in [6.07, 6.45) is 3.32. The SMILES string of the molecule is CCCCCC(=O)N(CC)c1ccc(F)c(F)c1. The van der Waals surface area contributed by atoms with Crippen LogP contribution in [0.1, 0.15) is 39.5 Å². The normalized spacial score (nSPS) is 10.4. The van der Waals surface area contributed by atoms with E-state index in [1.807, 2.05) is 6.92 Å². The lowest BCUT2D eigenvalue weighted by Crippen LogP contribution is -2.30. The standard InChI is InChI=1S/C14H19F2NO/c1-3-5-6-7-14(18)17(4-2)11-8-9-12(15)13(16)10-11/h8-10H,3-7H2,1-2H3. The van der Waals surface area contributed by atoms with Crippen LogP contribution >= 0.6 is 0 Å². The predicted molar refractivity (Wildman–Crippen MR) is 68.5 cm³/mol. The van der Waals surface area contributed by atoms with Crippen molar-refractivity contribution in [2.45, 2.75) is 39.5 Å². The smallest absolute Gasteiger partial charge is 0.226 e. The van der Waals surface area contributed by atoms with Crippen molar-refractivity contribution in [2.75, 3.05) is 11.4 Å². The van der Waals surface area contributed by atoms with E-state index < -0.39 is 11.6 Å². The van der Waals surface area contributed by atoms with Crippen molar-refractivity contribution in [2.24, 2.45) is 0 Å². The van der Waals surface area contributed by atoms with Crippen molar-refractivity contribution >= 4 is 11.6 Å². The number of rotatable bonds is 6. The third-order valence-corrected chi connectivity index (χ3v) is 2.83. The summed E-state index contributed by atoms with van der Waals surface area (Å²) in [6.45, 7) is 4.34. The summed E-state index contributed by atoms with van der Waals surface area (Å²) in [4.78, 5) is 13.4. The third-order valence-electron chi connectivity index (χ3n) is 2.83. The van der Waals surface area contributed by atoms with E-state index >= 15 is 0 Å². The number of carbonyl (C=O) groups excluding carboxylic acids is 1. The van der Waals surface area contributed by atoms with Gasteiger partial charge in [-0.2, -0.15) is 0 Å². The Kier molecular flexibility index (Phi) is 5.75. The minimum atomic E-state index is -0.924. The average Bonchev–Trinajstić information content (AvgIpc) is 2.35. The molecule has 0 aliphatic carbocycles. The number of carbonyl (C=O) groups is 1. The van der Waals surface area contributed by atoms with Crippen LogP contribution in [0.25, 0.3) is 0 Å². The van der Waals surface area contributed by atoms with Crippen molar-refractivity contribution in [1.82, 2.24) is 0 Å². The van der Waals surface area contributed by atoms with Crippen LogP contribution < -0.4 is 4.90 Å². The topological polar surface area (TPSA) is 20.3 Å². The first-order chi connectivity index (χ1) is 8.60. The second kappa shape index (κ2) is 7.09. The summed E-state index contributed by atoms with van der Waals surface area (Å²) in [5.74, 6) is -1.86. The second-order valence-electron chi connectivity index (χ2n) is 4.19. The zero-order valence-corrected chi connectivity index (χ0v) is 10.9. The van der Waals surface area contributed by atoms with E-state index in [0.29, 0.717) is 18.7 Å². The fraction of sp³-hybridized carbons (Fsp3) is 0.500. The van der Waals surface area contributed by atoms with Crippen LogP contribution in [0.2, 0.25) is 0 Å². The summed E-state index contributed by atoms with van der Waals surface area (Å²) in [6, 6.07) is 3.54. The molecular formula is C14H19F2NO. The van der Waals surface area contributed by atoms with Crippen molar-refractivity contribution in [1.29, 1.82) is 0 Å². The Morgan fingerprint density at radius 1 is 1.17 bits per heavy atom. The van der Waals surface area contributed by atoms with Crippen LogP contribution in [0.3, 0.4) is 0 Å². The lowest BCUT2D eigenvalue weighted by Gasteiger charge is -2.21. The molecule has 0 aliphatic rings. The van der Waals surface area contributed by atoms with Gasteiger partial charge in [-0.25, -0.2) is 8.78 Å². The quantitative estimate of drug-likeness (QED) is 0.706. The van der Waals surface area contributed by atoms with E-state index in [4.69, 9.17) is 0 Å². The van der Waals surface area contributed by atoms with E-state index in [-0.39, 0.29) is 5.91 Å². The van der Waals surface area contributed by atoms with Crippen molar-refractivity contribution in [3.63, 3.8) is 0 Å². The Bertz CT molecular complexity index is 407. The maximum Gasteiger partial charge on any atom is 0.226 e. The molecule has 1 aromatic rings. The van der Waals surface area contributed by atoms with Crippen molar-refractivity contribution in [3.05, 3.63) is 29.8 Å². The van der Waals surface area contributed by atoms with E-state index in [9.17, 15) is 13.6 Å². The van der Waals surface area contributed by atoms with Gasteiger partial charge < -0.3 is 4.90 Å². The zero-order chi connectivity index (χ0) is 13.5. The highest BCUT2D eigenvalue weighted by atomic mass is 19.2. The first kappa shape index (κ1) is 14.6. The van der Waals surface area contributed by atoms with Gasteiger partial charge in [0.1, 0.15) is 0 Å². The lowest BCUT2D eigenvalue weighted by molar-refractivity contribution is -0.118. The summed E-state index contributed by atoms with van der Waals surface area (Å²) in [5.41, 5.74) is 0.415. The van der Waals surface area contributed by atoms with Gasteiger partial charge in [0.25, 0.3) is 0 Å². The summed E-state index contributed by atoms with van der Waals surface area (Å²) < 4.78 is 26.0. The monoisotopic (exact) mass is 255 g/mol. The molecule has 0 aromatic heterocycles. The molecule has 0 bridgehead atoms. The number of anilines is 1. The molecule has 0 heterocycles. The molecule has 0 spiro atoms. The first-order valence-corrected chi connectivity index (χ1v) is 6.35. The number of halogens is 2. The van der Waals surface area contributed by atoms with Crippen molar-refractivity contribution in [3.8, 4) is 0 Å². The lowest BCUT2D eigenvalue weighted by atomic mass is 10.2. The van der Waals surface area contributed by atoms with Crippen LogP contribution in [-0.2, 0) is 4.79 Å². The summed E-state index contributed by atoms with van der Waals surface area (Å²) in [7, 11) is 0. The van der Waals surface area contributed by atoms with Gasteiger partial charge in [-0.1, -0.05) is 19.8 Å². The van der Waals surface area contributed by atoms with Gasteiger partial charge in [0, 0.05) is 24.7 Å². The van der Waals surface area contributed by atoms with Crippen LogP contribution in [0.15, 0.2) is 18.2 Å². The van der Waals surface area contributed by atoms with Gasteiger partial charge in [0.2, 0.25) is 5.91 Å². The molecule has 0 atom stereocenters. The molecule has 0 unspecified atom stereocenters. The number of hydrogen-bond acceptors (Lipinski definition) is 1. The van der Waals surface area contributed by atoms with E-state index in [0.717, 1.165) is 31.4 Å². The molecule has 0 fully saturated rings. The van der Waals surface area contributed by atoms with Gasteiger partial charge in [0.05, 0.1) is 0 Å². The van der Waals surface area contributed by atoms with Gasteiger partial charge in [-0.15, -0.1) is 0 Å². The Morgan fingerprint density at radius 2 is 1.89 bits per heavy atom. The molecule has 4 heteroatoms. The van der Waals surface area contributed by atoms with Crippen molar-refractivity contribution < 1.29 is 13.6 Å². The Morgan fingerprint density at radius 3 is 2.44 bits per heavy atom. The van der Waals surface area contributed by atoms with Gasteiger partial charge in [-0.3, -0.25) is 4.79 Å². The van der Waals surface area contributed by atoms with E-state index in [2.05, 4.69) is 6.92 Å². The molecule has 1 aromatic carbocycles. The molecule has 0 N–H and O–H groups in total. The van der Waals surface area contributed by atoms with Crippen LogP contribution in [-0.4, -0.2) is 12.5 Å². The van der Waals surface area contributed by atoms with Crippen LogP contribution in [0.4, 0.5) is 14.5 Å². The molecule has 100 valence electrons. The highest BCUT2D eigenvalue weighted by Gasteiger charge is 2.15. The molecule has 0 saturated carbocycles. The van der Waals surface area contributed by atoms with Crippen LogP contribution in [0, 0.1) is 11.6 Å². The average molecular weight is 255 g/mol. The number of nitrogens with zero attached hydrogens (tertiary/aromatic N) is 1. The molecule has 18 heavy (non-hydrogen) atoms. The second-order valence-corrected chi connectivity index (χ2v) is 4.19. The predicted octanol–water partition coefficient (Wildman–Crippen LogP) is 3.90. The summed E-state index contributed by atoms with van der Waals surface area (Å²) in [5, 5.41) is 0. The molecule has 0 saturated heterocycles. The Labute approximate surface area is 107 Å². The van der Waals surface area contributed by atoms with Gasteiger partial charge in [0.15, 0.2) is 11.6 Å². The van der Waals surface area contributed by atoms with Gasteiger partial charge >= 0.3 is 0 Å². The first-order valence-electron chi connectivity index (χ1n) is 6.35. The minimum absolute atomic E-state index is 0.0445. The largest absolute Gasteiger partial charge is 0.313 e. The number of benzene rings is 1. The number of amides is 1. The molecular weight excluding hydrogens is 236 g/mol. The zero-order valence-electron chi connectivity index (χ0n) is 10.9. The maximum absolute atomic E-state index is 13.1. The molecule has 0 radical (unpaired) electrons. The fourth-order valence-corrected chi connectivity index (χ4v) is 1.82. The highest BCUT2D eigenvalue weighted by Crippen LogP contribution is 2.19. The molecule has 0 aliphatic heterocycles. The molecule has 1 amide bonds. The Balaban J connectivity index is 2.75. The minimum Gasteiger partial charge on any atom is -0.313 e. The highest BCUT2D eigenvalue weighted by molar-refractivity contribution is 5.93.